The molecule has 1 aromatic heterocycles. The summed E-state index contributed by atoms with van der Waals surface area (Å²) in [6.07, 6.45) is 14.2. The molecule has 3 aliphatic rings. The molecular formula is C30H32ClN3O4. The average molecular weight is 534 g/mol. The molecule has 8 heteroatoms. The van der Waals surface area contributed by atoms with Gasteiger partial charge in [-0.25, -0.2) is 0 Å². The van der Waals surface area contributed by atoms with Crippen molar-refractivity contribution in [3.63, 3.8) is 0 Å². The molecule has 2 aliphatic carbocycles. The number of aromatic nitrogens is 1. The molecule has 1 unspecified atom stereocenters. The van der Waals surface area contributed by atoms with Gasteiger partial charge in [-0.3, -0.25) is 14.6 Å². The van der Waals surface area contributed by atoms with Crippen molar-refractivity contribution in [2.45, 2.75) is 44.6 Å². The highest BCUT2D eigenvalue weighted by Crippen LogP contribution is 2.37. The number of amides is 2. The number of carbonyl (C=O) groups is 2. The van der Waals surface area contributed by atoms with Gasteiger partial charge in [0.1, 0.15) is 17.3 Å². The fraction of sp³-hybridized carbons (Fsp3) is 0.367. The monoisotopic (exact) mass is 533 g/mol. The Morgan fingerprint density at radius 3 is 2.71 bits per heavy atom. The van der Waals surface area contributed by atoms with Crippen molar-refractivity contribution in [3.8, 4) is 11.5 Å². The first-order valence-electron chi connectivity index (χ1n) is 13.1. The lowest BCUT2D eigenvalue weighted by Crippen LogP contribution is -2.39. The van der Waals surface area contributed by atoms with Gasteiger partial charge in [-0.1, -0.05) is 37.1 Å². The largest absolute Gasteiger partial charge is 0.496 e. The molecule has 1 atom stereocenters. The van der Waals surface area contributed by atoms with Crippen LogP contribution in [0.15, 0.2) is 66.1 Å². The third-order valence-corrected chi connectivity index (χ3v) is 7.87. The van der Waals surface area contributed by atoms with Gasteiger partial charge in [0.15, 0.2) is 0 Å². The van der Waals surface area contributed by atoms with Crippen molar-refractivity contribution in [1.82, 2.24) is 15.2 Å². The lowest BCUT2D eigenvalue weighted by molar-refractivity contribution is -0.126. The van der Waals surface area contributed by atoms with E-state index in [0.29, 0.717) is 42.5 Å². The minimum atomic E-state index is -0.229. The van der Waals surface area contributed by atoms with E-state index < -0.39 is 0 Å². The lowest BCUT2D eigenvalue weighted by atomic mass is 9.96. The number of nitrogens with one attached hydrogen (secondary N) is 1. The Labute approximate surface area is 227 Å². The number of allylic oxidation sites excluding steroid dienone is 1. The van der Waals surface area contributed by atoms with Gasteiger partial charge in [0.2, 0.25) is 11.8 Å². The van der Waals surface area contributed by atoms with E-state index in [0.717, 1.165) is 53.5 Å². The summed E-state index contributed by atoms with van der Waals surface area (Å²) in [6, 6.07) is 5.54. The van der Waals surface area contributed by atoms with Crippen LogP contribution in [0.25, 0.3) is 16.5 Å². The van der Waals surface area contributed by atoms with Gasteiger partial charge < -0.3 is 19.7 Å². The maximum absolute atomic E-state index is 12.6. The highest BCUT2D eigenvalue weighted by atomic mass is 35.5. The van der Waals surface area contributed by atoms with E-state index in [1.807, 2.05) is 24.3 Å². The van der Waals surface area contributed by atoms with Crippen LogP contribution in [-0.4, -0.2) is 47.9 Å². The Kier molecular flexibility index (Phi) is 7.84. The van der Waals surface area contributed by atoms with Crippen molar-refractivity contribution in [2.75, 3.05) is 20.2 Å². The van der Waals surface area contributed by atoms with Gasteiger partial charge in [-0.15, -0.1) is 0 Å². The van der Waals surface area contributed by atoms with E-state index in [1.54, 1.807) is 24.3 Å². The third kappa shape index (κ3) is 5.48. The van der Waals surface area contributed by atoms with Crippen molar-refractivity contribution < 1.29 is 19.1 Å². The summed E-state index contributed by atoms with van der Waals surface area (Å²) in [5.41, 5.74) is 2.80. The molecule has 2 aromatic rings. The second-order valence-corrected chi connectivity index (χ2v) is 10.3. The molecular weight excluding hydrogens is 502 g/mol. The molecule has 198 valence electrons. The van der Waals surface area contributed by atoms with E-state index in [9.17, 15) is 9.59 Å². The Bertz CT molecular complexity index is 1360. The number of carbonyl (C=O) groups excluding carboxylic acids is 2. The maximum Gasteiger partial charge on any atom is 0.246 e. The van der Waals surface area contributed by atoms with Gasteiger partial charge in [-0.2, -0.15) is 0 Å². The number of hydrogen-bond acceptors (Lipinski definition) is 5. The highest BCUT2D eigenvalue weighted by molar-refractivity contribution is 6.30. The molecule has 1 fully saturated rings. The second-order valence-electron chi connectivity index (χ2n) is 9.86. The third-order valence-electron chi connectivity index (χ3n) is 7.50. The zero-order valence-corrected chi connectivity index (χ0v) is 22.3. The highest BCUT2D eigenvalue weighted by Gasteiger charge is 2.27. The molecule has 0 radical (unpaired) electrons. The fourth-order valence-electron chi connectivity index (χ4n) is 5.35. The van der Waals surface area contributed by atoms with Crippen LogP contribution in [0.2, 0.25) is 0 Å². The molecule has 0 spiro atoms. The van der Waals surface area contributed by atoms with E-state index in [2.05, 4.69) is 23.0 Å². The maximum atomic E-state index is 12.6. The first kappa shape index (κ1) is 26.0. The van der Waals surface area contributed by atoms with Crippen LogP contribution < -0.4 is 14.8 Å². The summed E-state index contributed by atoms with van der Waals surface area (Å²) in [5, 5.41) is 4.49. The molecule has 2 heterocycles. The average Bonchev–Trinajstić information content (AvgIpc) is 3.49. The lowest BCUT2D eigenvalue weighted by Gasteiger charge is -2.26. The van der Waals surface area contributed by atoms with Crippen LogP contribution in [0.1, 0.15) is 44.1 Å². The molecule has 5 rings (SSSR count). The molecule has 1 saturated carbocycles. The van der Waals surface area contributed by atoms with Crippen LogP contribution in [0.3, 0.4) is 0 Å². The number of rotatable bonds is 7. The Morgan fingerprint density at radius 1 is 1.21 bits per heavy atom. The van der Waals surface area contributed by atoms with Crippen molar-refractivity contribution in [2.24, 2.45) is 5.92 Å². The normalized spacial score (nSPS) is 19.9. The van der Waals surface area contributed by atoms with E-state index in [-0.39, 0.29) is 23.8 Å². The summed E-state index contributed by atoms with van der Waals surface area (Å²) in [5.74, 6) is 2.12. The summed E-state index contributed by atoms with van der Waals surface area (Å²) >= 11 is 6.58. The number of fused-ring (bicyclic) bond motifs is 1. The van der Waals surface area contributed by atoms with Crippen molar-refractivity contribution >= 4 is 39.9 Å². The van der Waals surface area contributed by atoms with Crippen LogP contribution in [0.5, 0.6) is 11.5 Å². The van der Waals surface area contributed by atoms with Gasteiger partial charge in [-0.05, 0) is 61.6 Å². The van der Waals surface area contributed by atoms with E-state index in [4.69, 9.17) is 21.1 Å². The Hall–Kier alpha value is -3.58. The van der Waals surface area contributed by atoms with Gasteiger partial charge in [0.25, 0.3) is 0 Å². The summed E-state index contributed by atoms with van der Waals surface area (Å²) in [7, 11) is 1.64. The molecule has 7 nitrogen and oxygen atoms in total. The molecule has 38 heavy (non-hydrogen) atoms. The number of benzene rings is 1. The number of hydrogen-bond donors (Lipinski definition) is 1. The molecule has 1 aliphatic heterocycles. The summed E-state index contributed by atoms with van der Waals surface area (Å²) < 4.78 is 12.0. The number of halogens is 1. The quantitative estimate of drug-likeness (QED) is 0.475. The second kappa shape index (κ2) is 11.4. The number of nitrogens with zero attached hydrogens (tertiary/aromatic N) is 2. The fourth-order valence-corrected chi connectivity index (χ4v) is 5.60. The standard InChI is InChI=1S/C30H32ClN3O4/c1-3-29(35)34-14-11-19(12-15-34)22-17-23-26(18-28(22)37-2)32-13-10-27(23)38-21-8-9-25(24(31)16-21)33-30(36)20-6-4-5-7-20/h3,8,10-11,13,16-18,20,25H,1,4-7,9,12,14-15H2,2H3,(H,33,36). The van der Waals surface area contributed by atoms with Crippen LogP contribution in [-0.2, 0) is 9.59 Å². The molecule has 2 amide bonds. The minimum Gasteiger partial charge on any atom is -0.496 e. The van der Waals surface area contributed by atoms with Crippen LogP contribution in [0.4, 0.5) is 0 Å². The van der Waals surface area contributed by atoms with Gasteiger partial charge in [0, 0.05) is 47.3 Å². The predicted octanol–water partition coefficient (Wildman–Crippen LogP) is 5.51. The Balaban J connectivity index is 1.36. The van der Waals surface area contributed by atoms with Crippen molar-refractivity contribution in [1.29, 1.82) is 0 Å². The topological polar surface area (TPSA) is 80.8 Å². The molecule has 1 aromatic carbocycles. The zero-order chi connectivity index (χ0) is 26.6. The predicted molar refractivity (Wildman–Crippen MR) is 149 cm³/mol. The van der Waals surface area contributed by atoms with Crippen LogP contribution >= 0.6 is 11.6 Å². The van der Waals surface area contributed by atoms with Gasteiger partial charge in [0.05, 0.1) is 18.7 Å². The van der Waals surface area contributed by atoms with Crippen LogP contribution in [0, 0.1) is 5.92 Å². The minimum absolute atomic E-state index is 0.0709. The van der Waals surface area contributed by atoms with Gasteiger partial charge >= 0.3 is 0 Å². The van der Waals surface area contributed by atoms with E-state index in [1.165, 1.54) is 6.08 Å². The molecule has 0 bridgehead atoms. The SMILES string of the molecule is C=CC(=O)N1CC=C(c2cc3c(OC4=CCC(NC(=O)C5CCCC5)C(Cl)=C4)ccnc3cc2OC)CC1. The number of methoxy groups -OCH3 is 1. The zero-order valence-electron chi connectivity index (χ0n) is 21.5. The first-order chi connectivity index (χ1) is 18.5. The summed E-state index contributed by atoms with van der Waals surface area (Å²) in [4.78, 5) is 30.8. The summed E-state index contributed by atoms with van der Waals surface area (Å²) in [6.45, 7) is 4.72. The van der Waals surface area contributed by atoms with Crippen molar-refractivity contribution in [3.05, 3.63) is 71.6 Å². The molecule has 0 saturated heterocycles. The molecule has 1 N–H and O–H groups in total. The number of ether oxygens (including phenoxy) is 2. The number of pyridine rings is 1. The first-order valence-corrected chi connectivity index (χ1v) is 13.5. The van der Waals surface area contributed by atoms with E-state index >= 15 is 0 Å². The Morgan fingerprint density at radius 2 is 2.03 bits per heavy atom. The smallest absolute Gasteiger partial charge is 0.246 e.